The number of aryl methyl sites for hydroxylation is 2. The van der Waals surface area contributed by atoms with Crippen LogP contribution in [0.1, 0.15) is 28.5 Å². The molecule has 1 N–H and O–H groups in total. The first-order valence-electron chi connectivity index (χ1n) is 6.16. The van der Waals surface area contributed by atoms with E-state index in [9.17, 15) is 4.39 Å². The summed E-state index contributed by atoms with van der Waals surface area (Å²) in [7, 11) is 1.93. The van der Waals surface area contributed by atoms with Crippen molar-refractivity contribution in [3.63, 3.8) is 0 Å². The Balaban J connectivity index is 2.05. The van der Waals surface area contributed by atoms with Crippen LogP contribution in [0.25, 0.3) is 0 Å². The maximum absolute atomic E-state index is 13.6. The first-order valence-corrected chi connectivity index (χ1v) is 7.04. The Kier molecular flexibility index (Phi) is 4.50. The van der Waals surface area contributed by atoms with Crippen molar-refractivity contribution in [1.82, 2.24) is 5.32 Å². The van der Waals surface area contributed by atoms with E-state index in [1.807, 2.05) is 19.2 Å². The molecule has 0 fully saturated rings. The van der Waals surface area contributed by atoms with Gasteiger partial charge < -0.3 is 5.32 Å². The Morgan fingerprint density at radius 3 is 2.78 bits per heavy atom. The smallest absolute Gasteiger partial charge is 0.126 e. The summed E-state index contributed by atoms with van der Waals surface area (Å²) < 4.78 is 13.6. The van der Waals surface area contributed by atoms with E-state index in [2.05, 4.69) is 22.8 Å². The highest BCUT2D eigenvalue weighted by molar-refractivity contribution is 7.09. The van der Waals surface area contributed by atoms with Crippen LogP contribution in [0.2, 0.25) is 0 Å². The van der Waals surface area contributed by atoms with E-state index in [4.69, 9.17) is 0 Å². The van der Waals surface area contributed by atoms with Crippen LogP contribution in [0.15, 0.2) is 35.7 Å². The number of thiophene rings is 1. The molecule has 1 aromatic carbocycles. The molecular formula is C15H18FNS. The van der Waals surface area contributed by atoms with Gasteiger partial charge in [-0.25, -0.2) is 4.39 Å². The summed E-state index contributed by atoms with van der Waals surface area (Å²) in [6.45, 7) is 1.79. The van der Waals surface area contributed by atoms with Crippen LogP contribution in [0, 0.1) is 12.7 Å². The van der Waals surface area contributed by atoms with E-state index in [-0.39, 0.29) is 11.9 Å². The van der Waals surface area contributed by atoms with Gasteiger partial charge in [0.05, 0.1) is 0 Å². The fourth-order valence-corrected chi connectivity index (χ4v) is 2.77. The summed E-state index contributed by atoms with van der Waals surface area (Å²) in [5.74, 6) is -0.121. The van der Waals surface area contributed by atoms with Gasteiger partial charge in [-0.15, -0.1) is 11.3 Å². The number of halogens is 1. The molecule has 0 spiro atoms. The highest BCUT2D eigenvalue weighted by atomic mass is 32.1. The van der Waals surface area contributed by atoms with E-state index in [1.54, 1.807) is 24.3 Å². The highest BCUT2D eigenvalue weighted by Gasteiger charge is 2.11. The van der Waals surface area contributed by atoms with Gasteiger partial charge in [0.2, 0.25) is 0 Å². The fourth-order valence-electron chi connectivity index (χ4n) is 2.04. The monoisotopic (exact) mass is 263 g/mol. The number of nitrogens with one attached hydrogen (secondary N) is 1. The lowest BCUT2D eigenvalue weighted by atomic mass is 10.0. The number of hydrogen-bond acceptors (Lipinski definition) is 2. The molecule has 0 amide bonds. The molecule has 0 aliphatic carbocycles. The van der Waals surface area contributed by atoms with Crippen molar-refractivity contribution >= 4 is 11.3 Å². The molecule has 96 valence electrons. The van der Waals surface area contributed by atoms with Gasteiger partial charge in [0.15, 0.2) is 0 Å². The van der Waals surface area contributed by atoms with Crippen molar-refractivity contribution in [3.8, 4) is 0 Å². The van der Waals surface area contributed by atoms with E-state index in [0.29, 0.717) is 5.56 Å². The first-order chi connectivity index (χ1) is 8.70. The van der Waals surface area contributed by atoms with Crippen molar-refractivity contribution < 1.29 is 4.39 Å². The standard InChI is InChI=1S/C15H18FNS/c1-11-5-6-12(10-14(11)16)15(17-2)8-7-13-4-3-9-18-13/h3-6,9-10,15,17H,7-8H2,1-2H3. The predicted molar refractivity (Wildman–Crippen MR) is 75.6 cm³/mol. The van der Waals surface area contributed by atoms with Gasteiger partial charge in [-0.2, -0.15) is 0 Å². The second kappa shape index (κ2) is 6.12. The minimum absolute atomic E-state index is 0.121. The summed E-state index contributed by atoms with van der Waals surface area (Å²) in [6, 6.07) is 9.92. The fraction of sp³-hybridized carbons (Fsp3) is 0.333. The molecule has 1 nitrogen and oxygen atoms in total. The SMILES string of the molecule is CNC(CCc1cccs1)c1ccc(C)c(F)c1. The summed E-state index contributed by atoms with van der Waals surface area (Å²) in [4.78, 5) is 1.38. The van der Waals surface area contributed by atoms with Crippen LogP contribution in [-0.2, 0) is 6.42 Å². The molecule has 0 bridgehead atoms. The van der Waals surface area contributed by atoms with Gasteiger partial charge >= 0.3 is 0 Å². The van der Waals surface area contributed by atoms with Crippen LogP contribution < -0.4 is 5.32 Å². The van der Waals surface area contributed by atoms with Gasteiger partial charge in [-0.05, 0) is 55.5 Å². The van der Waals surface area contributed by atoms with Gasteiger partial charge in [-0.1, -0.05) is 18.2 Å². The maximum atomic E-state index is 13.6. The van der Waals surface area contributed by atoms with Gasteiger partial charge in [-0.3, -0.25) is 0 Å². The molecule has 0 saturated heterocycles. The minimum Gasteiger partial charge on any atom is -0.313 e. The number of benzene rings is 1. The zero-order valence-corrected chi connectivity index (χ0v) is 11.6. The van der Waals surface area contributed by atoms with Crippen LogP contribution in [-0.4, -0.2) is 7.05 Å². The molecule has 0 aliphatic heterocycles. The van der Waals surface area contributed by atoms with Gasteiger partial charge in [0.1, 0.15) is 5.82 Å². The van der Waals surface area contributed by atoms with Crippen molar-refractivity contribution in [2.45, 2.75) is 25.8 Å². The highest BCUT2D eigenvalue weighted by Crippen LogP contribution is 2.22. The molecule has 18 heavy (non-hydrogen) atoms. The Labute approximate surface area is 112 Å². The molecule has 1 atom stereocenters. The normalized spacial score (nSPS) is 12.6. The Morgan fingerprint density at radius 1 is 1.33 bits per heavy atom. The second-order valence-corrected chi connectivity index (χ2v) is 5.50. The average molecular weight is 263 g/mol. The quantitative estimate of drug-likeness (QED) is 0.856. The lowest BCUT2D eigenvalue weighted by Crippen LogP contribution is -2.17. The zero-order valence-electron chi connectivity index (χ0n) is 10.7. The van der Waals surface area contributed by atoms with Crippen LogP contribution >= 0.6 is 11.3 Å². The first kappa shape index (κ1) is 13.2. The molecule has 1 unspecified atom stereocenters. The Hall–Kier alpha value is -1.19. The molecule has 3 heteroatoms. The summed E-state index contributed by atoms with van der Waals surface area (Å²) in [5.41, 5.74) is 1.73. The third-order valence-electron chi connectivity index (χ3n) is 3.21. The lowest BCUT2D eigenvalue weighted by Gasteiger charge is -2.16. The number of rotatable bonds is 5. The minimum atomic E-state index is -0.121. The van der Waals surface area contributed by atoms with Crippen LogP contribution in [0.5, 0.6) is 0 Å². The van der Waals surface area contributed by atoms with Crippen molar-refractivity contribution in [1.29, 1.82) is 0 Å². The zero-order chi connectivity index (χ0) is 13.0. The molecule has 0 saturated carbocycles. The summed E-state index contributed by atoms with van der Waals surface area (Å²) >= 11 is 1.77. The molecule has 2 rings (SSSR count). The molecule has 0 aliphatic rings. The van der Waals surface area contributed by atoms with Crippen molar-refractivity contribution in [2.24, 2.45) is 0 Å². The molecule has 1 aromatic heterocycles. The average Bonchev–Trinajstić information content (AvgIpc) is 2.87. The molecular weight excluding hydrogens is 245 g/mol. The largest absolute Gasteiger partial charge is 0.313 e. The van der Waals surface area contributed by atoms with Crippen molar-refractivity contribution in [3.05, 3.63) is 57.5 Å². The van der Waals surface area contributed by atoms with E-state index in [0.717, 1.165) is 18.4 Å². The maximum Gasteiger partial charge on any atom is 0.126 e. The Bertz CT molecular complexity index is 493. The summed E-state index contributed by atoms with van der Waals surface area (Å²) in [5, 5.41) is 5.36. The molecule has 1 heterocycles. The van der Waals surface area contributed by atoms with E-state index in [1.165, 1.54) is 4.88 Å². The van der Waals surface area contributed by atoms with Crippen LogP contribution in [0.3, 0.4) is 0 Å². The third kappa shape index (κ3) is 3.18. The van der Waals surface area contributed by atoms with E-state index >= 15 is 0 Å². The lowest BCUT2D eigenvalue weighted by molar-refractivity contribution is 0.542. The van der Waals surface area contributed by atoms with Crippen molar-refractivity contribution in [2.75, 3.05) is 7.05 Å². The van der Waals surface area contributed by atoms with Gasteiger partial charge in [0.25, 0.3) is 0 Å². The third-order valence-corrected chi connectivity index (χ3v) is 4.14. The Morgan fingerprint density at radius 2 is 2.17 bits per heavy atom. The van der Waals surface area contributed by atoms with Crippen LogP contribution in [0.4, 0.5) is 4.39 Å². The topological polar surface area (TPSA) is 12.0 Å². The molecule has 0 radical (unpaired) electrons. The van der Waals surface area contributed by atoms with E-state index < -0.39 is 0 Å². The van der Waals surface area contributed by atoms with Gasteiger partial charge in [0, 0.05) is 10.9 Å². The predicted octanol–water partition coefficient (Wildman–Crippen LogP) is 4.09. The number of hydrogen-bond donors (Lipinski definition) is 1. The molecule has 2 aromatic rings. The second-order valence-electron chi connectivity index (χ2n) is 4.47. The summed E-state index contributed by atoms with van der Waals surface area (Å²) in [6.07, 6.45) is 2.01.